The lowest BCUT2D eigenvalue weighted by Crippen LogP contribution is -2.38. The molecule has 3 heterocycles. The molecule has 2 aromatic heterocycles. The van der Waals surface area contributed by atoms with Gasteiger partial charge in [0.2, 0.25) is 0 Å². The zero-order valence-corrected chi connectivity index (χ0v) is 18.9. The van der Waals surface area contributed by atoms with Gasteiger partial charge in [-0.05, 0) is 43.5 Å². The van der Waals surface area contributed by atoms with E-state index in [0.29, 0.717) is 54.5 Å². The number of carbonyl (C=O) groups is 1. The number of aryl methyl sites for hydroxylation is 1. The Labute approximate surface area is 195 Å². The molecule has 9 heteroatoms. The maximum atomic E-state index is 12.8. The van der Waals surface area contributed by atoms with Gasteiger partial charge in [-0.2, -0.15) is 0 Å². The highest BCUT2D eigenvalue weighted by Gasteiger charge is 2.27. The van der Waals surface area contributed by atoms with Crippen LogP contribution in [0, 0.1) is 6.92 Å². The zero-order valence-electron chi connectivity index (χ0n) is 18.2. The summed E-state index contributed by atoms with van der Waals surface area (Å²) in [6.07, 6.45) is 1.42. The standard InChI is InChI=1S/C24H23ClN6O2/c1-15-5-7-16(8-6-15)14-31-22-20(28-29-31)23(32)27-21(26-22)17-9-11-30(12-10-17)24(33)18-3-2-4-19(25)13-18/h2-8,13,17H,9-12,14H2,1H3,(H,26,27,32). The number of rotatable bonds is 4. The van der Waals surface area contributed by atoms with Crippen LogP contribution in [0.1, 0.15) is 46.1 Å². The number of hydrogen-bond acceptors (Lipinski definition) is 5. The van der Waals surface area contributed by atoms with Crippen LogP contribution in [0.2, 0.25) is 5.02 Å². The minimum absolute atomic E-state index is 0.0340. The van der Waals surface area contributed by atoms with Crippen LogP contribution in [0.25, 0.3) is 11.2 Å². The van der Waals surface area contributed by atoms with E-state index in [4.69, 9.17) is 16.6 Å². The van der Waals surface area contributed by atoms with Gasteiger partial charge in [-0.25, -0.2) is 9.67 Å². The van der Waals surface area contributed by atoms with E-state index in [2.05, 4.69) is 15.3 Å². The molecule has 0 saturated carbocycles. The largest absolute Gasteiger partial charge is 0.339 e. The van der Waals surface area contributed by atoms with Crippen molar-refractivity contribution in [2.45, 2.75) is 32.2 Å². The third-order valence-electron chi connectivity index (χ3n) is 6.09. The summed E-state index contributed by atoms with van der Waals surface area (Å²) in [5.41, 5.74) is 3.25. The number of aromatic nitrogens is 5. The van der Waals surface area contributed by atoms with E-state index in [1.165, 1.54) is 5.56 Å². The fourth-order valence-electron chi connectivity index (χ4n) is 4.21. The molecule has 0 radical (unpaired) electrons. The van der Waals surface area contributed by atoms with E-state index >= 15 is 0 Å². The highest BCUT2D eigenvalue weighted by molar-refractivity contribution is 6.30. The molecule has 168 valence electrons. The molecule has 1 amide bonds. The number of carbonyl (C=O) groups excluding carboxylic acids is 1. The summed E-state index contributed by atoms with van der Waals surface area (Å²) in [7, 11) is 0. The molecule has 0 atom stereocenters. The van der Waals surface area contributed by atoms with Crippen LogP contribution in [0.3, 0.4) is 0 Å². The molecule has 0 unspecified atom stereocenters. The maximum Gasteiger partial charge on any atom is 0.281 e. The summed E-state index contributed by atoms with van der Waals surface area (Å²) in [4.78, 5) is 34.9. The van der Waals surface area contributed by atoms with Crippen LogP contribution in [-0.4, -0.2) is 48.9 Å². The first-order valence-corrected chi connectivity index (χ1v) is 11.3. The van der Waals surface area contributed by atoms with Crippen molar-refractivity contribution in [3.05, 3.63) is 86.4 Å². The number of benzene rings is 2. The van der Waals surface area contributed by atoms with Gasteiger partial charge in [0, 0.05) is 29.6 Å². The van der Waals surface area contributed by atoms with Crippen LogP contribution in [0.5, 0.6) is 0 Å². The molecule has 5 rings (SSSR count). The quantitative estimate of drug-likeness (QED) is 0.500. The van der Waals surface area contributed by atoms with Crippen LogP contribution in [-0.2, 0) is 6.54 Å². The number of halogens is 1. The highest BCUT2D eigenvalue weighted by atomic mass is 35.5. The molecule has 4 aromatic rings. The lowest BCUT2D eigenvalue weighted by Gasteiger charge is -2.31. The average Bonchev–Trinajstić information content (AvgIpc) is 3.23. The van der Waals surface area contributed by atoms with Crippen molar-refractivity contribution >= 4 is 28.7 Å². The van der Waals surface area contributed by atoms with Gasteiger partial charge in [0.25, 0.3) is 11.5 Å². The number of nitrogens with zero attached hydrogens (tertiary/aromatic N) is 5. The zero-order chi connectivity index (χ0) is 22.9. The third-order valence-corrected chi connectivity index (χ3v) is 6.32. The monoisotopic (exact) mass is 462 g/mol. The SMILES string of the molecule is Cc1ccc(Cn2nnc3c(=O)[nH]c(C4CCN(C(=O)c5cccc(Cl)c5)CC4)nc32)cc1. The smallest absolute Gasteiger partial charge is 0.281 e. The Hall–Kier alpha value is -3.52. The van der Waals surface area contributed by atoms with E-state index < -0.39 is 0 Å². The van der Waals surface area contributed by atoms with Crippen molar-refractivity contribution in [1.82, 2.24) is 29.9 Å². The average molecular weight is 463 g/mol. The Balaban J connectivity index is 1.34. The summed E-state index contributed by atoms with van der Waals surface area (Å²) in [5, 5.41) is 8.74. The van der Waals surface area contributed by atoms with Gasteiger partial charge >= 0.3 is 0 Å². The number of nitrogens with one attached hydrogen (secondary N) is 1. The number of hydrogen-bond donors (Lipinski definition) is 1. The Morgan fingerprint density at radius 2 is 1.91 bits per heavy atom. The van der Waals surface area contributed by atoms with E-state index in [1.54, 1.807) is 28.9 Å². The molecular formula is C24H23ClN6O2. The van der Waals surface area contributed by atoms with Gasteiger partial charge in [0.1, 0.15) is 5.82 Å². The molecule has 2 aromatic carbocycles. The molecule has 0 aliphatic carbocycles. The van der Waals surface area contributed by atoms with Crippen molar-refractivity contribution in [1.29, 1.82) is 0 Å². The van der Waals surface area contributed by atoms with Gasteiger partial charge in [-0.15, -0.1) is 5.10 Å². The second kappa shape index (κ2) is 8.78. The van der Waals surface area contributed by atoms with E-state index in [-0.39, 0.29) is 22.9 Å². The summed E-state index contributed by atoms with van der Waals surface area (Å²) < 4.78 is 1.66. The number of amides is 1. The molecule has 8 nitrogen and oxygen atoms in total. The van der Waals surface area contributed by atoms with Crippen LogP contribution < -0.4 is 5.56 Å². The predicted octanol–water partition coefficient (Wildman–Crippen LogP) is 3.54. The molecule has 33 heavy (non-hydrogen) atoms. The van der Waals surface area contributed by atoms with Crippen molar-refractivity contribution in [3.8, 4) is 0 Å². The van der Waals surface area contributed by atoms with Gasteiger partial charge in [-0.1, -0.05) is 52.7 Å². The van der Waals surface area contributed by atoms with Crippen LogP contribution >= 0.6 is 11.6 Å². The first-order valence-electron chi connectivity index (χ1n) is 10.9. The molecule has 1 saturated heterocycles. The van der Waals surface area contributed by atoms with Gasteiger partial charge in [0.15, 0.2) is 11.2 Å². The minimum Gasteiger partial charge on any atom is -0.339 e. The van der Waals surface area contributed by atoms with Gasteiger partial charge < -0.3 is 9.88 Å². The molecule has 1 fully saturated rings. The maximum absolute atomic E-state index is 12.8. The van der Waals surface area contributed by atoms with Crippen molar-refractivity contribution in [2.75, 3.05) is 13.1 Å². The second-order valence-electron chi connectivity index (χ2n) is 8.43. The third kappa shape index (κ3) is 4.39. The first kappa shape index (κ1) is 21.3. The van der Waals surface area contributed by atoms with Gasteiger partial charge in [0.05, 0.1) is 6.54 Å². The van der Waals surface area contributed by atoms with Gasteiger partial charge in [-0.3, -0.25) is 9.59 Å². The normalized spacial score (nSPS) is 14.7. The topological polar surface area (TPSA) is 96.8 Å². The summed E-state index contributed by atoms with van der Waals surface area (Å²) in [5.74, 6) is 0.635. The molecule has 1 aliphatic rings. The number of likely N-dealkylation sites (tertiary alicyclic amines) is 1. The Kier molecular flexibility index (Phi) is 5.68. The fourth-order valence-corrected chi connectivity index (χ4v) is 4.40. The Bertz CT molecular complexity index is 1370. The first-order chi connectivity index (χ1) is 16.0. The Morgan fingerprint density at radius 3 is 2.64 bits per heavy atom. The van der Waals surface area contributed by atoms with E-state index in [9.17, 15) is 9.59 Å². The van der Waals surface area contributed by atoms with Crippen molar-refractivity contribution in [3.63, 3.8) is 0 Å². The molecule has 1 N–H and O–H groups in total. The molecular weight excluding hydrogens is 440 g/mol. The molecule has 0 spiro atoms. The molecule has 1 aliphatic heterocycles. The lowest BCUT2D eigenvalue weighted by molar-refractivity contribution is 0.0711. The van der Waals surface area contributed by atoms with E-state index in [0.717, 1.165) is 5.56 Å². The van der Waals surface area contributed by atoms with E-state index in [1.807, 2.05) is 36.1 Å². The van der Waals surface area contributed by atoms with Crippen LogP contribution in [0.4, 0.5) is 0 Å². The Morgan fingerprint density at radius 1 is 1.15 bits per heavy atom. The predicted molar refractivity (Wildman–Crippen MR) is 126 cm³/mol. The summed E-state index contributed by atoms with van der Waals surface area (Å²) in [6.45, 7) is 3.69. The van der Waals surface area contributed by atoms with Crippen molar-refractivity contribution < 1.29 is 4.79 Å². The number of H-pyrrole nitrogens is 1. The number of aromatic amines is 1. The number of piperidine rings is 1. The molecule has 0 bridgehead atoms. The second-order valence-corrected chi connectivity index (χ2v) is 8.87. The summed E-state index contributed by atoms with van der Waals surface area (Å²) >= 11 is 6.03. The minimum atomic E-state index is -0.289. The lowest BCUT2D eigenvalue weighted by atomic mass is 9.95. The van der Waals surface area contributed by atoms with Crippen LogP contribution in [0.15, 0.2) is 53.3 Å². The highest BCUT2D eigenvalue weighted by Crippen LogP contribution is 2.27. The summed E-state index contributed by atoms with van der Waals surface area (Å²) in [6, 6.07) is 15.1. The fraction of sp³-hybridized carbons (Fsp3) is 0.292. The number of fused-ring (bicyclic) bond motifs is 1. The van der Waals surface area contributed by atoms with Crippen molar-refractivity contribution in [2.24, 2.45) is 0 Å².